The number of anilines is 1. The number of fused-ring (bicyclic) bond motifs is 5. The number of carbonyl (C=O) groups excluding carboxylic acids is 4. The highest BCUT2D eigenvalue weighted by molar-refractivity contribution is 6.15. The predicted molar refractivity (Wildman–Crippen MR) is 122 cm³/mol. The highest BCUT2D eigenvalue weighted by Gasteiger charge is 2.70. The van der Waals surface area contributed by atoms with Crippen LogP contribution in [0.25, 0.3) is 0 Å². The Morgan fingerprint density at radius 2 is 1.86 bits per heavy atom. The van der Waals surface area contributed by atoms with Crippen LogP contribution in [0.2, 0.25) is 0 Å². The molecule has 2 fully saturated rings. The number of nitrogens with two attached hydrogens (primary N) is 1. The number of amides is 4. The third-order valence-electron chi connectivity index (χ3n) is 7.48. The highest BCUT2D eigenvalue weighted by Crippen LogP contribution is 2.53. The molecule has 2 aromatic carbocycles. The Balaban J connectivity index is 1.42. The normalized spacial score (nSPS) is 28.0. The van der Waals surface area contributed by atoms with Gasteiger partial charge in [0.1, 0.15) is 5.54 Å². The summed E-state index contributed by atoms with van der Waals surface area (Å²) in [4.78, 5) is 54.0. The summed E-state index contributed by atoms with van der Waals surface area (Å²) in [5.41, 5.74) is 6.93. The third kappa shape index (κ3) is 2.99. The van der Waals surface area contributed by atoms with Crippen molar-refractivity contribution in [2.24, 2.45) is 17.6 Å². The number of hydrogen-bond acceptors (Lipinski definition) is 7. The molecule has 2 saturated heterocycles. The number of ether oxygens (including phenoxy) is 2. The molecule has 4 aliphatic rings. The fourth-order valence-electron chi connectivity index (χ4n) is 5.90. The molecule has 0 radical (unpaired) electrons. The first-order valence-electron chi connectivity index (χ1n) is 11.6. The first-order chi connectivity index (χ1) is 16.8. The molecular weight excluding hydrogens is 452 g/mol. The second kappa shape index (κ2) is 7.54. The van der Waals surface area contributed by atoms with Crippen LogP contribution in [-0.4, -0.2) is 41.4 Å². The Bertz CT molecular complexity index is 1310. The molecule has 0 bridgehead atoms. The highest BCUT2D eigenvalue weighted by atomic mass is 16.7. The van der Waals surface area contributed by atoms with Crippen LogP contribution in [0.1, 0.15) is 30.0 Å². The van der Waals surface area contributed by atoms with E-state index in [1.807, 2.05) is 25.1 Å². The number of likely N-dealkylation sites (tertiary alicyclic amines) is 1. The van der Waals surface area contributed by atoms with Gasteiger partial charge in [0.15, 0.2) is 11.5 Å². The summed E-state index contributed by atoms with van der Waals surface area (Å²) in [5.74, 6) is -2.67. The third-order valence-corrected chi connectivity index (χ3v) is 7.48. The SMILES string of the molecule is CCc1ccc2c(c1)[C@]1(N[C@H](CC(N)=O)[C@H]3C(=O)N(Cc4ccc5c(c4)OCO5)C(=O)[C@@H]31)C(=O)N2. The molecule has 4 amide bonds. The molecule has 4 atom stereocenters. The van der Waals surface area contributed by atoms with Crippen LogP contribution in [0.5, 0.6) is 11.5 Å². The topological polar surface area (TPSA) is 140 Å². The van der Waals surface area contributed by atoms with Gasteiger partial charge in [-0.05, 0) is 35.7 Å². The Kier molecular flexibility index (Phi) is 4.65. The van der Waals surface area contributed by atoms with Gasteiger partial charge in [-0.3, -0.25) is 29.4 Å². The molecule has 4 N–H and O–H groups in total. The first-order valence-corrected chi connectivity index (χ1v) is 11.6. The second-order valence-electron chi connectivity index (χ2n) is 9.37. The maximum Gasteiger partial charge on any atom is 0.250 e. The van der Waals surface area contributed by atoms with Gasteiger partial charge in [0, 0.05) is 23.7 Å². The number of rotatable bonds is 5. The molecule has 35 heavy (non-hydrogen) atoms. The zero-order valence-electron chi connectivity index (χ0n) is 19.0. The van der Waals surface area contributed by atoms with Crippen molar-refractivity contribution in [3.63, 3.8) is 0 Å². The smallest absolute Gasteiger partial charge is 0.250 e. The lowest BCUT2D eigenvalue weighted by atomic mass is 9.76. The number of aryl methyl sites for hydroxylation is 1. The summed E-state index contributed by atoms with van der Waals surface area (Å²) in [5, 5.41) is 6.08. The lowest BCUT2D eigenvalue weighted by Gasteiger charge is -2.29. The zero-order chi connectivity index (χ0) is 24.5. The largest absolute Gasteiger partial charge is 0.454 e. The summed E-state index contributed by atoms with van der Waals surface area (Å²) in [7, 11) is 0. The Morgan fingerprint density at radius 1 is 1.09 bits per heavy atom. The molecule has 4 heterocycles. The molecule has 1 spiro atoms. The average molecular weight is 476 g/mol. The predicted octanol–water partition coefficient (Wildman–Crippen LogP) is 0.774. The van der Waals surface area contributed by atoms with Crippen LogP contribution in [0.15, 0.2) is 36.4 Å². The van der Waals surface area contributed by atoms with Gasteiger partial charge in [-0.25, -0.2) is 0 Å². The minimum Gasteiger partial charge on any atom is -0.454 e. The van der Waals surface area contributed by atoms with Crippen LogP contribution in [0, 0.1) is 11.8 Å². The van der Waals surface area contributed by atoms with Gasteiger partial charge in [0.05, 0.1) is 18.4 Å². The van der Waals surface area contributed by atoms with Crippen LogP contribution < -0.4 is 25.8 Å². The van der Waals surface area contributed by atoms with Crippen molar-refractivity contribution in [1.29, 1.82) is 0 Å². The van der Waals surface area contributed by atoms with E-state index in [1.165, 1.54) is 4.90 Å². The van der Waals surface area contributed by atoms with Crippen molar-refractivity contribution in [1.82, 2.24) is 10.2 Å². The Hall–Kier alpha value is -3.92. The van der Waals surface area contributed by atoms with Gasteiger partial charge >= 0.3 is 0 Å². The minimum absolute atomic E-state index is 0.0180. The van der Waals surface area contributed by atoms with E-state index in [9.17, 15) is 19.2 Å². The standard InChI is InChI=1S/C25H24N4O6/c1-2-12-3-5-15-14(7-12)25(24(33)27-15)21-20(16(28-25)9-19(26)30)22(31)29(23(21)32)10-13-4-6-17-18(8-13)35-11-34-17/h3-8,16,20-21,28H,2,9-11H2,1H3,(H2,26,30)(H,27,33)/t16-,20-,21-,25-/m1/s1. The lowest BCUT2D eigenvalue weighted by Crippen LogP contribution is -2.53. The van der Waals surface area contributed by atoms with Crippen LogP contribution in [0.3, 0.4) is 0 Å². The van der Waals surface area contributed by atoms with Gasteiger partial charge < -0.3 is 20.5 Å². The van der Waals surface area contributed by atoms with E-state index in [0.29, 0.717) is 28.3 Å². The molecule has 0 aliphatic carbocycles. The minimum atomic E-state index is -1.46. The van der Waals surface area contributed by atoms with E-state index < -0.39 is 47.0 Å². The zero-order valence-corrected chi connectivity index (χ0v) is 19.0. The summed E-state index contributed by atoms with van der Waals surface area (Å²) in [6, 6.07) is 10.1. The van der Waals surface area contributed by atoms with Crippen molar-refractivity contribution < 1.29 is 28.7 Å². The van der Waals surface area contributed by atoms with Crippen LogP contribution in [-0.2, 0) is 37.7 Å². The van der Waals surface area contributed by atoms with Gasteiger partial charge in [-0.15, -0.1) is 0 Å². The fraction of sp³-hybridized carbons (Fsp3) is 0.360. The van der Waals surface area contributed by atoms with Crippen molar-refractivity contribution in [3.8, 4) is 11.5 Å². The molecule has 10 nitrogen and oxygen atoms in total. The summed E-state index contributed by atoms with van der Waals surface area (Å²) in [6.07, 6.45) is 0.565. The van der Waals surface area contributed by atoms with E-state index in [4.69, 9.17) is 15.2 Å². The maximum atomic E-state index is 13.9. The number of nitrogens with one attached hydrogen (secondary N) is 2. The molecule has 4 aliphatic heterocycles. The molecule has 2 aromatic rings. The van der Waals surface area contributed by atoms with Gasteiger partial charge in [0.25, 0.3) is 0 Å². The van der Waals surface area contributed by atoms with E-state index in [1.54, 1.807) is 18.2 Å². The number of benzene rings is 2. The van der Waals surface area contributed by atoms with Gasteiger partial charge in [0.2, 0.25) is 30.4 Å². The van der Waals surface area contributed by atoms with Crippen LogP contribution in [0.4, 0.5) is 5.69 Å². The summed E-state index contributed by atoms with van der Waals surface area (Å²) >= 11 is 0. The number of carbonyl (C=O) groups is 4. The van der Waals surface area contributed by atoms with E-state index in [-0.39, 0.29) is 19.8 Å². The molecular formula is C25H24N4O6. The molecule has 0 unspecified atom stereocenters. The van der Waals surface area contributed by atoms with Gasteiger partial charge in [-0.2, -0.15) is 0 Å². The van der Waals surface area contributed by atoms with Crippen molar-refractivity contribution >= 4 is 29.3 Å². The molecule has 0 aromatic heterocycles. The molecule has 0 saturated carbocycles. The average Bonchev–Trinajstić information content (AvgIpc) is 3.55. The number of hydrogen-bond donors (Lipinski definition) is 3. The second-order valence-corrected chi connectivity index (χ2v) is 9.37. The van der Waals surface area contributed by atoms with Crippen molar-refractivity contribution in [3.05, 3.63) is 53.1 Å². The maximum absolute atomic E-state index is 13.9. The number of primary amides is 1. The monoisotopic (exact) mass is 476 g/mol. The fourth-order valence-corrected chi connectivity index (χ4v) is 5.90. The quantitative estimate of drug-likeness (QED) is 0.542. The van der Waals surface area contributed by atoms with E-state index in [2.05, 4.69) is 10.6 Å². The summed E-state index contributed by atoms with van der Waals surface area (Å²) in [6.45, 7) is 2.13. The van der Waals surface area contributed by atoms with Crippen molar-refractivity contribution in [2.45, 2.75) is 37.9 Å². The number of nitrogens with zero attached hydrogens (tertiary/aromatic N) is 1. The lowest BCUT2D eigenvalue weighted by molar-refractivity contribution is -0.143. The molecule has 6 rings (SSSR count). The Morgan fingerprint density at radius 3 is 2.63 bits per heavy atom. The van der Waals surface area contributed by atoms with Crippen LogP contribution >= 0.6 is 0 Å². The number of imide groups is 1. The first kappa shape index (κ1) is 21.6. The van der Waals surface area contributed by atoms with E-state index >= 15 is 0 Å². The van der Waals surface area contributed by atoms with E-state index in [0.717, 1.165) is 12.0 Å². The molecule has 10 heteroatoms. The van der Waals surface area contributed by atoms with Crippen molar-refractivity contribution in [2.75, 3.05) is 12.1 Å². The van der Waals surface area contributed by atoms with Gasteiger partial charge in [-0.1, -0.05) is 25.1 Å². The Labute approximate surface area is 200 Å². The molecule has 180 valence electrons. The summed E-state index contributed by atoms with van der Waals surface area (Å²) < 4.78 is 10.8.